The van der Waals surface area contributed by atoms with Crippen molar-refractivity contribution in [3.8, 4) is 17.1 Å². The van der Waals surface area contributed by atoms with Crippen LogP contribution in [0.1, 0.15) is 51.6 Å². The molecule has 1 aromatic heterocycles. The summed E-state index contributed by atoms with van der Waals surface area (Å²) in [6.45, 7) is 10.9. The van der Waals surface area contributed by atoms with Gasteiger partial charge in [-0.15, -0.1) is 10.2 Å². The number of aromatic nitrogens is 3. The number of benzene rings is 3. The first kappa shape index (κ1) is 22.5. The lowest BCUT2D eigenvalue weighted by atomic mass is 9.86. The number of rotatable bonds is 5. The van der Waals surface area contributed by atoms with E-state index in [1.165, 1.54) is 16.7 Å². The van der Waals surface area contributed by atoms with Crippen LogP contribution in [0, 0.1) is 0 Å². The second kappa shape index (κ2) is 9.41. The van der Waals surface area contributed by atoms with E-state index in [1.807, 2.05) is 24.3 Å². The zero-order valence-corrected chi connectivity index (χ0v) is 20.1. The Morgan fingerprint density at radius 3 is 1.88 bits per heavy atom. The number of allylic oxidation sites excluding steroid dienone is 4. The number of hydrogen-bond acceptors (Lipinski definition) is 2. The molecule has 0 aliphatic carbocycles. The van der Waals surface area contributed by atoms with Crippen LogP contribution in [-0.4, -0.2) is 14.8 Å². The maximum Gasteiger partial charge on any atom is 0.168 e. The zero-order chi connectivity index (χ0) is 23.4. The third-order valence-electron chi connectivity index (χ3n) is 5.85. The van der Waals surface area contributed by atoms with Crippen LogP contribution in [0.4, 0.5) is 0 Å². The van der Waals surface area contributed by atoms with Gasteiger partial charge < -0.3 is 0 Å². The van der Waals surface area contributed by atoms with Crippen molar-refractivity contribution >= 4 is 11.1 Å². The summed E-state index contributed by atoms with van der Waals surface area (Å²) in [6, 6.07) is 29.4. The molecule has 0 unspecified atom stereocenters. The topological polar surface area (TPSA) is 30.7 Å². The maximum atomic E-state index is 4.61. The molecule has 3 aromatic carbocycles. The average molecular weight is 434 g/mol. The van der Waals surface area contributed by atoms with Crippen molar-refractivity contribution in [2.24, 2.45) is 0 Å². The van der Waals surface area contributed by atoms with Gasteiger partial charge in [-0.2, -0.15) is 0 Å². The number of para-hydroxylation sites is 1. The van der Waals surface area contributed by atoms with E-state index in [-0.39, 0.29) is 5.41 Å². The third-order valence-corrected chi connectivity index (χ3v) is 5.85. The molecule has 0 bridgehead atoms. The molecule has 0 N–H and O–H groups in total. The summed E-state index contributed by atoms with van der Waals surface area (Å²) >= 11 is 0. The van der Waals surface area contributed by atoms with E-state index in [1.54, 1.807) is 0 Å². The van der Waals surface area contributed by atoms with E-state index in [0.717, 1.165) is 28.5 Å². The molecular weight excluding hydrogens is 402 g/mol. The van der Waals surface area contributed by atoms with Crippen molar-refractivity contribution in [2.75, 3.05) is 0 Å². The first-order chi connectivity index (χ1) is 15.8. The van der Waals surface area contributed by atoms with Crippen LogP contribution in [0.2, 0.25) is 0 Å². The zero-order valence-electron chi connectivity index (χ0n) is 20.1. The van der Waals surface area contributed by atoms with E-state index in [4.69, 9.17) is 0 Å². The van der Waals surface area contributed by atoms with Crippen molar-refractivity contribution in [3.05, 3.63) is 114 Å². The molecule has 4 aromatic rings. The number of nitrogens with zero attached hydrogens (tertiary/aromatic N) is 3. The highest BCUT2D eigenvalue weighted by Gasteiger charge is 2.18. The van der Waals surface area contributed by atoms with Crippen molar-refractivity contribution in [3.63, 3.8) is 0 Å². The van der Waals surface area contributed by atoms with Gasteiger partial charge >= 0.3 is 0 Å². The second-order valence-corrected chi connectivity index (χ2v) is 9.41. The van der Waals surface area contributed by atoms with Gasteiger partial charge in [-0.3, -0.25) is 4.57 Å². The normalized spacial score (nSPS) is 12.8. The maximum absolute atomic E-state index is 4.61. The van der Waals surface area contributed by atoms with E-state index in [0.29, 0.717) is 0 Å². The Balaban J connectivity index is 1.77. The molecule has 0 atom stereocenters. The van der Waals surface area contributed by atoms with Crippen LogP contribution >= 0.6 is 0 Å². The molecule has 166 valence electrons. The largest absolute Gasteiger partial charge is 0.275 e. The summed E-state index contributed by atoms with van der Waals surface area (Å²) in [5.41, 5.74) is 6.98. The van der Waals surface area contributed by atoms with Crippen molar-refractivity contribution in [2.45, 2.75) is 40.0 Å². The summed E-state index contributed by atoms with van der Waals surface area (Å²) in [5, 5.41) is 9.22. The Kier molecular flexibility index (Phi) is 6.41. The highest BCUT2D eigenvalue weighted by Crippen LogP contribution is 2.29. The molecule has 3 heteroatoms. The van der Waals surface area contributed by atoms with Crippen LogP contribution in [-0.2, 0) is 5.41 Å². The Hall–Kier alpha value is -3.72. The molecule has 3 nitrogen and oxygen atoms in total. The molecule has 0 saturated carbocycles. The standard InChI is InChI=1S/C30H31N3/c1-22(24-12-8-6-9-13-24)16-17-23(2)28-31-32-29(33(28)27-14-10-7-11-15-27)25-18-20-26(21-19-25)30(3,4)5/h6-21H,1-5H3/b22-16+,23-17+. The minimum atomic E-state index is 0.110. The van der Waals surface area contributed by atoms with E-state index in [2.05, 4.69) is 122 Å². The van der Waals surface area contributed by atoms with Gasteiger partial charge in [-0.1, -0.05) is 106 Å². The first-order valence-corrected chi connectivity index (χ1v) is 11.4. The van der Waals surface area contributed by atoms with E-state index < -0.39 is 0 Å². The molecule has 0 spiro atoms. The molecule has 33 heavy (non-hydrogen) atoms. The van der Waals surface area contributed by atoms with E-state index in [9.17, 15) is 0 Å². The summed E-state index contributed by atoms with van der Waals surface area (Å²) in [5.74, 6) is 1.68. The molecular formula is C30H31N3. The van der Waals surface area contributed by atoms with Gasteiger partial charge in [-0.05, 0) is 53.7 Å². The van der Waals surface area contributed by atoms with Crippen LogP contribution in [0.5, 0.6) is 0 Å². The van der Waals surface area contributed by atoms with Crippen molar-refractivity contribution in [1.82, 2.24) is 14.8 Å². The minimum absolute atomic E-state index is 0.110. The fraction of sp³-hybridized carbons (Fsp3) is 0.200. The van der Waals surface area contributed by atoms with Crippen molar-refractivity contribution < 1.29 is 0 Å². The summed E-state index contributed by atoms with van der Waals surface area (Å²) in [4.78, 5) is 0. The van der Waals surface area contributed by atoms with Crippen LogP contribution in [0.25, 0.3) is 28.2 Å². The lowest BCUT2D eigenvalue weighted by Gasteiger charge is -2.19. The lowest BCUT2D eigenvalue weighted by Crippen LogP contribution is -2.10. The predicted octanol–water partition coefficient (Wildman–Crippen LogP) is 7.74. The first-order valence-electron chi connectivity index (χ1n) is 11.4. The van der Waals surface area contributed by atoms with Gasteiger partial charge in [-0.25, -0.2) is 0 Å². The molecule has 0 fully saturated rings. The van der Waals surface area contributed by atoms with Crippen LogP contribution in [0.15, 0.2) is 97.1 Å². The molecule has 0 radical (unpaired) electrons. The van der Waals surface area contributed by atoms with Gasteiger partial charge in [0, 0.05) is 11.3 Å². The lowest BCUT2D eigenvalue weighted by molar-refractivity contribution is 0.590. The Morgan fingerprint density at radius 1 is 0.697 bits per heavy atom. The summed E-state index contributed by atoms with van der Waals surface area (Å²) < 4.78 is 2.14. The molecule has 4 rings (SSSR count). The molecule has 1 heterocycles. The van der Waals surface area contributed by atoms with Crippen molar-refractivity contribution in [1.29, 1.82) is 0 Å². The predicted molar refractivity (Wildman–Crippen MR) is 139 cm³/mol. The Bertz CT molecular complexity index is 1270. The third kappa shape index (κ3) is 5.04. The molecule has 0 amide bonds. The van der Waals surface area contributed by atoms with Gasteiger partial charge in [0.25, 0.3) is 0 Å². The molecule has 0 saturated heterocycles. The van der Waals surface area contributed by atoms with Crippen LogP contribution in [0.3, 0.4) is 0 Å². The van der Waals surface area contributed by atoms with Crippen LogP contribution < -0.4 is 0 Å². The second-order valence-electron chi connectivity index (χ2n) is 9.41. The fourth-order valence-corrected chi connectivity index (χ4v) is 3.79. The monoisotopic (exact) mass is 433 g/mol. The quantitative estimate of drug-likeness (QED) is 0.301. The molecule has 0 aliphatic heterocycles. The van der Waals surface area contributed by atoms with Gasteiger partial charge in [0.05, 0.1) is 0 Å². The Morgan fingerprint density at radius 2 is 1.27 bits per heavy atom. The Labute approximate surface area is 197 Å². The molecule has 0 aliphatic rings. The summed E-state index contributed by atoms with van der Waals surface area (Å²) in [6.07, 6.45) is 4.27. The average Bonchev–Trinajstić information content (AvgIpc) is 3.28. The SMILES string of the molecule is C/C(=C\C=C(/C)c1nnc(-c2ccc(C(C)(C)C)cc2)n1-c1ccccc1)c1ccccc1. The van der Waals surface area contributed by atoms with Gasteiger partial charge in [0.1, 0.15) is 0 Å². The smallest absolute Gasteiger partial charge is 0.168 e. The highest BCUT2D eigenvalue weighted by molar-refractivity contribution is 5.71. The number of hydrogen-bond donors (Lipinski definition) is 0. The fourth-order valence-electron chi connectivity index (χ4n) is 3.79. The van der Waals surface area contributed by atoms with Gasteiger partial charge in [0.15, 0.2) is 11.6 Å². The highest BCUT2D eigenvalue weighted by atomic mass is 15.3. The minimum Gasteiger partial charge on any atom is -0.275 e. The summed E-state index contributed by atoms with van der Waals surface area (Å²) in [7, 11) is 0. The van der Waals surface area contributed by atoms with Gasteiger partial charge in [0.2, 0.25) is 0 Å². The van der Waals surface area contributed by atoms with E-state index >= 15 is 0 Å².